The number of aryl methyl sites for hydroxylation is 2. The Balaban J connectivity index is 2.35. The van der Waals surface area contributed by atoms with Crippen molar-refractivity contribution in [3.05, 3.63) is 29.3 Å². The third kappa shape index (κ3) is 5.40. The molecule has 3 N–H and O–H groups in total. The van der Waals surface area contributed by atoms with Gasteiger partial charge in [-0.15, -0.1) is 0 Å². The number of aliphatic hydroxyl groups excluding tert-OH is 2. The Morgan fingerprint density at radius 1 is 1.30 bits per heavy atom. The summed E-state index contributed by atoms with van der Waals surface area (Å²) in [5.74, 6) is -2.47. The minimum atomic E-state index is -3.17. The molecule has 0 saturated heterocycles. The summed E-state index contributed by atoms with van der Waals surface area (Å²) in [5, 5.41) is 20.5. The molecule has 1 aromatic rings. The molecule has 1 unspecified atom stereocenters. The zero-order valence-electron chi connectivity index (χ0n) is 11.7. The Labute approximate surface area is 117 Å². The minimum absolute atomic E-state index is 0.0173. The Bertz CT molecular complexity index is 407. The molecule has 0 aliphatic carbocycles. The van der Waals surface area contributed by atoms with Gasteiger partial charge >= 0.3 is 0 Å². The van der Waals surface area contributed by atoms with Crippen molar-refractivity contribution in [2.45, 2.75) is 25.9 Å². The largest absolute Gasteiger partial charge is 0.490 e. The number of hydrogen-bond acceptors (Lipinski definition) is 4. The molecule has 0 heterocycles. The quantitative estimate of drug-likeness (QED) is 0.674. The Kier molecular flexibility index (Phi) is 6.32. The Morgan fingerprint density at radius 2 is 1.90 bits per heavy atom. The fourth-order valence-corrected chi connectivity index (χ4v) is 1.74. The zero-order valence-corrected chi connectivity index (χ0v) is 11.7. The predicted octanol–water partition coefficient (Wildman–Crippen LogP) is 1.26. The number of halogens is 2. The number of benzene rings is 1. The Hall–Kier alpha value is -1.24. The van der Waals surface area contributed by atoms with Gasteiger partial charge in [0.15, 0.2) is 0 Å². The number of rotatable bonds is 8. The van der Waals surface area contributed by atoms with Crippen LogP contribution in [0.5, 0.6) is 5.75 Å². The van der Waals surface area contributed by atoms with Crippen molar-refractivity contribution in [1.82, 2.24) is 5.32 Å². The maximum absolute atomic E-state index is 12.7. The van der Waals surface area contributed by atoms with Crippen LogP contribution in [0.15, 0.2) is 18.2 Å². The van der Waals surface area contributed by atoms with Crippen molar-refractivity contribution in [1.29, 1.82) is 0 Å². The van der Waals surface area contributed by atoms with Gasteiger partial charge in [0, 0.05) is 6.54 Å². The third-order valence-electron chi connectivity index (χ3n) is 2.82. The molecule has 114 valence electrons. The summed E-state index contributed by atoms with van der Waals surface area (Å²) < 4.78 is 31.0. The van der Waals surface area contributed by atoms with Crippen LogP contribution in [0.3, 0.4) is 0 Å². The van der Waals surface area contributed by atoms with Crippen LogP contribution in [-0.4, -0.2) is 48.5 Å². The van der Waals surface area contributed by atoms with Crippen molar-refractivity contribution in [2.24, 2.45) is 0 Å². The second-order valence-corrected chi connectivity index (χ2v) is 4.83. The van der Waals surface area contributed by atoms with Crippen LogP contribution < -0.4 is 10.1 Å². The molecule has 0 spiro atoms. The highest BCUT2D eigenvalue weighted by molar-refractivity contribution is 5.39. The van der Waals surface area contributed by atoms with Crippen LogP contribution in [0.1, 0.15) is 11.1 Å². The molecular formula is C14H21F2NO3. The van der Waals surface area contributed by atoms with Crippen LogP contribution in [0, 0.1) is 13.8 Å². The van der Waals surface area contributed by atoms with Crippen molar-refractivity contribution in [3.63, 3.8) is 0 Å². The van der Waals surface area contributed by atoms with Crippen LogP contribution >= 0.6 is 0 Å². The van der Waals surface area contributed by atoms with Gasteiger partial charge in [-0.3, -0.25) is 0 Å². The van der Waals surface area contributed by atoms with Crippen LogP contribution in [0.4, 0.5) is 8.78 Å². The van der Waals surface area contributed by atoms with Crippen LogP contribution in [-0.2, 0) is 0 Å². The van der Waals surface area contributed by atoms with Gasteiger partial charge in [0.2, 0.25) is 0 Å². The molecule has 0 radical (unpaired) electrons. The monoisotopic (exact) mass is 289 g/mol. The smallest absolute Gasteiger partial charge is 0.282 e. The molecule has 0 bridgehead atoms. The van der Waals surface area contributed by atoms with Gasteiger partial charge in [0.05, 0.1) is 6.54 Å². The molecule has 1 atom stereocenters. The van der Waals surface area contributed by atoms with Gasteiger partial charge in [-0.25, -0.2) is 8.78 Å². The lowest BCUT2D eigenvalue weighted by molar-refractivity contribution is -0.0493. The molecule has 20 heavy (non-hydrogen) atoms. The summed E-state index contributed by atoms with van der Waals surface area (Å²) in [6, 6.07) is 5.70. The number of para-hydroxylation sites is 1. The SMILES string of the molecule is Cc1cccc(C)c1OCC(O)CNCC(F)(F)CO. The van der Waals surface area contributed by atoms with E-state index in [9.17, 15) is 13.9 Å². The molecular weight excluding hydrogens is 268 g/mol. The molecule has 0 fully saturated rings. The number of aliphatic hydroxyl groups is 2. The van der Waals surface area contributed by atoms with Gasteiger partial charge in [-0.05, 0) is 25.0 Å². The van der Waals surface area contributed by atoms with E-state index in [-0.39, 0.29) is 13.2 Å². The van der Waals surface area contributed by atoms with E-state index in [0.29, 0.717) is 5.75 Å². The lowest BCUT2D eigenvalue weighted by Crippen LogP contribution is -2.40. The van der Waals surface area contributed by atoms with Gasteiger partial charge in [-0.2, -0.15) is 0 Å². The Morgan fingerprint density at radius 3 is 2.45 bits per heavy atom. The maximum Gasteiger partial charge on any atom is 0.282 e. The van der Waals surface area contributed by atoms with E-state index in [1.165, 1.54) is 0 Å². The lowest BCUT2D eigenvalue weighted by atomic mass is 10.1. The molecule has 0 amide bonds. The van der Waals surface area contributed by atoms with E-state index in [4.69, 9.17) is 9.84 Å². The standard InChI is InChI=1S/C14H21F2NO3/c1-10-4-3-5-11(2)13(10)20-7-12(19)6-17-8-14(15,16)9-18/h3-5,12,17-19H,6-9H2,1-2H3. The average Bonchev–Trinajstić information content (AvgIpc) is 2.38. The first-order chi connectivity index (χ1) is 9.35. The maximum atomic E-state index is 12.7. The van der Waals surface area contributed by atoms with E-state index in [1.807, 2.05) is 32.0 Å². The summed E-state index contributed by atoms with van der Waals surface area (Å²) in [6.07, 6.45) is -0.900. The number of alkyl halides is 2. The summed E-state index contributed by atoms with van der Waals surface area (Å²) >= 11 is 0. The molecule has 0 aliphatic rings. The molecule has 0 aliphatic heterocycles. The molecule has 0 aromatic heterocycles. The first-order valence-electron chi connectivity index (χ1n) is 6.42. The van der Waals surface area contributed by atoms with E-state index in [2.05, 4.69) is 5.32 Å². The first-order valence-corrected chi connectivity index (χ1v) is 6.42. The van der Waals surface area contributed by atoms with Crippen LogP contribution in [0.2, 0.25) is 0 Å². The fourth-order valence-electron chi connectivity index (χ4n) is 1.74. The average molecular weight is 289 g/mol. The zero-order chi connectivity index (χ0) is 15.2. The number of ether oxygens (including phenoxy) is 1. The second-order valence-electron chi connectivity index (χ2n) is 4.83. The van der Waals surface area contributed by atoms with Gasteiger partial charge in [-0.1, -0.05) is 18.2 Å². The van der Waals surface area contributed by atoms with Gasteiger partial charge in [0.25, 0.3) is 5.92 Å². The molecule has 1 rings (SSSR count). The number of hydrogen-bond donors (Lipinski definition) is 3. The van der Waals surface area contributed by atoms with Crippen molar-refractivity contribution in [3.8, 4) is 5.75 Å². The van der Waals surface area contributed by atoms with E-state index < -0.39 is 25.2 Å². The van der Waals surface area contributed by atoms with Crippen LogP contribution in [0.25, 0.3) is 0 Å². The summed E-state index contributed by atoms with van der Waals surface area (Å²) in [4.78, 5) is 0. The molecule has 0 saturated carbocycles. The van der Waals surface area contributed by atoms with Crippen molar-refractivity contribution >= 4 is 0 Å². The summed E-state index contributed by atoms with van der Waals surface area (Å²) in [7, 11) is 0. The normalized spacial score (nSPS) is 13.3. The fraction of sp³-hybridized carbons (Fsp3) is 0.571. The molecule has 6 heteroatoms. The summed E-state index contributed by atoms with van der Waals surface area (Å²) in [6.45, 7) is 1.90. The lowest BCUT2D eigenvalue weighted by Gasteiger charge is -2.18. The topological polar surface area (TPSA) is 61.7 Å². The predicted molar refractivity (Wildman–Crippen MR) is 72.3 cm³/mol. The van der Waals surface area contributed by atoms with E-state index in [0.717, 1.165) is 11.1 Å². The minimum Gasteiger partial charge on any atom is -0.490 e. The second kappa shape index (κ2) is 7.52. The highest BCUT2D eigenvalue weighted by Crippen LogP contribution is 2.22. The van der Waals surface area contributed by atoms with Gasteiger partial charge in [0.1, 0.15) is 25.1 Å². The van der Waals surface area contributed by atoms with E-state index >= 15 is 0 Å². The van der Waals surface area contributed by atoms with Gasteiger partial charge < -0.3 is 20.3 Å². The number of nitrogens with one attached hydrogen (secondary N) is 1. The third-order valence-corrected chi connectivity index (χ3v) is 2.82. The van der Waals surface area contributed by atoms with Crippen molar-refractivity contribution in [2.75, 3.05) is 26.3 Å². The molecule has 4 nitrogen and oxygen atoms in total. The highest BCUT2D eigenvalue weighted by Gasteiger charge is 2.27. The summed E-state index contributed by atoms with van der Waals surface area (Å²) in [5.41, 5.74) is 1.91. The van der Waals surface area contributed by atoms with Crippen molar-refractivity contribution < 1.29 is 23.7 Å². The first kappa shape index (κ1) is 16.8. The molecule has 1 aromatic carbocycles. The van der Waals surface area contributed by atoms with E-state index in [1.54, 1.807) is 0 Å². The highest BCUT2D eigenvalue weighted by atomic mass is 19.3.